The van der Waals surface area contributed by atoms with Crippen molar-refractivity contribution in [2.45, 2.75) is 9.92 Å². The number of hydrogen-bond donors (Lipinski definition) is 2. The minimum atomic E-state index is -0.0510. The average Bonchev–Trinajstić information content (AvgIpc) is 2.49. The van der Waals surface area contributed by atoms with Gasteiger partial charge in [0.15, 0.2) is 5.84 Å². The van der Waals surface area contributed by atoms with Crippen LogP contribution in [0.3, 0.4) is 0 Å². The van der Waals surface area contributed by atoms with Gasteiger partial charge in [-0.2, -0.15) is 0 Å². The monoisotopic (exact) mass is 309 g/mol. The van der Waals surface area contributed by atoms with Gasteiger partial charge >= 0.3 is 0 Å². The van der Waals surface area contributed by atoms with Gasteiger partial charge in [0.25, 0.3) is 0 Å². The standard InChI is InChI=1S/C13H12ClN3O2S/c1-19-8-3-2-4-9(7-8)20-13-11(14)10(5-6-16-13)12(15)17-18/h2-7,18H,1H3,(H2,15,17). The normalized spacial score (nSPS) is 11.4. The molecule has 0 aliphatic heterocycles. The number of ether oxygens (including phenoxy) is 1. The number of aromatic nitrogens is 1. The molecule has 0 atom stereocenters. The molecule has 0 amide bonds. The van der Waals surface area contributed by atoms with E-state index >= 15 is 0 Å². The molecule has 3 N–H and O–H groups in total. The maximum absolute atomic E-state index is 8.72. The first-order valence-electron chi connectivity index (χ1n) is 5.60. The van der Waals surface area contributed by atoms with E-state index in [0.717, 1.165) is 10.6 Å². The number of amidine groups is 1. The highest BCUT2D eigenvalue weighted by Gasteiger charge is 2.12. The van der Waals surface area contributed by atoms with E-state index in [1.54, 1.807) is 19.4 Å². The van der Waals surface area contributed by atoms with Crippen molar-refractivity contribution < 1.29 is 9.94 Å². The number of pyridine rings is 1. The molecule has 7 heteroatoms. The Hall–Kier alpha value is -1.92. The van der Waals surface area contributed by atoms with Crippen LogP contribution < -0.4 is 10.5 Å². The van der Waals surface area contributed by atoms with Crippen LogP contribution in [-0.2, 0) is 0 Å². The van der Waals surface area contributed by atoms with Gasteiger partial charge in [0.1, 0.15) is 10.8 Å². The van der Waals surface area contributed by atoms with Crippen molar-refractivity contribution in [3.8, 4) is 5.75 Å². The van der Waals surface area contributed by atoms with Gasteiger partial charge in [0.05, 0.1) is 12.1 Å². The van der Waals surface area contributed by atoms with E-state index < -0.39 is 0 Å². The summed E-state index contributed by atoms with van der Waals surface area (Å²) in [7, 11) is 1.61. The minimum absolute atomic E-state index is 0.0510. The van der Waals surface area contributed by atoms with Crippen LogP contribution in [0.1, 0.15) is 5.56 Å². The van der Waals surface area contributed by atoms with E-state index in [-0.39, 0.29) is 5.84 Å². The second-order valence-electron chi connectivity index (χ2n) is 3.74. The molecule has 0 unspecified atom stereocenters. The van der Waals surface area contributed by atoms with Gasteiger partial charge in [-0.05, 0) is 24.3 Å². The molecule has 1 aromatic heterocycles. The molecule has 5 nitrogen and oxygen atoms in total. The van der Waals surface area contributed by atoms with Crippen molar-refractivity contribution in [3.05, 3.63) is 47.1 Å². The van der Waals surface area contributed by atoms with Crippen molar-refractivity contribution in [1.82, 2.24) is 4.98 Å². The number of hydrogen-bond acceptors (Lipinski definition) is 5. The summed E-state index contributed by atoms with van der Waals surface area (Å²) in [5, 5.41) is 12.6. The second kappa shape index (κ2) is 6.49. The predicted octanol–water partition coefficient (Wildman–Crippen LogP) is 2.99. The molecular weight excluding hydrogens is 298 g/mol. The maximum Gasteiger partial charge on any atom is 0.171 e. The van der Waals surface area contributed by atoms with Crippen LogP contribution in [0.15, 0.2) is 51.6 Å². The quantitative estimate of drug-likeness (QED) is 0.393. The zero-order chi connectivity index (χ0) is 14.5. The summed E-state index contributed by atoms with van der Waals surface area (Å²) in [6.07, 6.45) is 1.56. The Morgan fingerprint density at radius 3 is 2.95 bits per heavy atom. The third-order valence-corrected chi connectivity index (χ3v) is 3.98. The highest BCUT2D eigenvalue weighted by atomic mass is 35.5. The fraction of sp³-hybridized carbons (Fsp3) is 0.0769. The molecule has 0 aliphatic carbocycles. The molecular formula is C13H12ClN3O2S. The Morgan fingerprint density at radius 2 is 2.25 bits per heavy atom. The van der Waals surface area contributed by atoms with E-state index in [1.165, 1.54) is 11.8 Å². The SMILES string of the molecule is COc1cccc(Sc2nccc(/C(N)=N/O)c2Cl)c1. The Labute approximate surface area is 125 Å². The molecule has 2 aromatic rings. The Balaban J connectivity index is 2.34. The summed E-state index contributed by atoms with van der Waals surface area (Å²) < 4.78 is 5.16. The summed E-state index contributed by atoms with van der Waals surface area (Å²) in [5.41, 5.74) is 6.00. The molecule has 1 aromatic carbocycles. The van der Waals surface area contributed by atoms with E-state index in [4.69, 9.17) is 27.3 Å². The molecule has 0 saturated carbocycles. The van der Waals surface area contributed by atoms with Gasteiger partial charge in [-0.25, -0.2) is 4.98 Å². The van der Waals surface area contributed by atoms with Crippen molar-refractivity contribution in [3.63, 3.8) is 0 Å². The molecule has 0 fully saturated rings. The van der Waals surface area contributed by atoms with Gasteiger partial charge in [-0.15, -0.1) is 0 Å². The number of rotatable bonds is 4. The van der Waals surface area contributed by atoms with E-state index in [2.05, 4.69) is 10.1 Å². The first kappa shape index (κ1) is 14.5. The summed E-state index contributed by atoms with van der Waals surface area (Å²) in [6, 6.07) is 9.11. The zero-order valence-electron chi connectivity index (χ0n) is 10.6. The van der Waals surface area contributed by atoms with Crippen LogP contribution in [-0.4, -0.2) is 23.1 Å². The van der Waals surface area contributed by atoms with Crippen LogP contribution in [0.4, 0.5) is 0 Å². The highest BCUT2D eigenvalue weighted by Crippen LogP contribution is 2.34. The largest absolute Gasteiger partial charge is 0.497 e. The Kier molecular flexibility index (Phi) is 4.70. The van der Waals surface area contributed by atoms with Gasteiger partial charge in [0.2, 0.25) is 0 Å². The number of nitrogens with two attached hydrogens (primary N) is 1. The smallest absolute Gasteiger partial charge is 0.171 e. The lowest BCUT2D eigenvalue weighted by Crippen LogP contribution is -2.14. The van der Waals surface area contributed by atoms with Crippen molar-refractivity contribution in [1.29, 1.82) is 0 Å². The lowest BCUT2D eigenvalue weighted by molar-refractivity contribution is 0.318. The molecule has 20 heavy (non-hydrogen) atoms. The number of benzene rings is 1. The third kappa shape index (κ3) is 3.15. The highest BCUT2D eigenvalue weighted by molar-refractivity contribution is 7.99. The van der Waals surface area contributed by atoms with Gasteiger partial charge < -0.3 is 15.7 Å². The maximum atomic E-state index is 8.72. The number of methoxy groups -OCH3 is 1. The predicted molar refractivity (Wildman–Crippen MR) is 78.9 cm³/mol. The molecule has 104 valence electrons. The van der Waals surface area contributed by atoms with Crippen LogP contribution in [0.5, 0.6) is 5.75 Å². The fourth-order valence-electron chi connectivity index (χ4n) is 1.52. The number of nitrogens with zero attached hydrogens (tertiary/aromatic N) is 2. The zero-order valence-corrected chi connectivity index (χ0v) is 12.1. The Morgan fingerprint density at radius 1 is 1.45 bits per heavy atom. The lowest BCUT2D eigenvalue weighted by Gasteiger charge is -2.08. The van der Waals surface area contributed by atoms with Crippen molar-refractivity contribution in [2.24, 2.45) is 10.9 Å². The molecule has 0 radical (unpaired) electrons. The van der Waals surface area contributed by atoms with Gasteiger partial charge in [-0.3, -0.25) is 0 Å². The topological polar surface area (TPSA) is 80.7 Å². The molecule has 0 aliphatic rings. The van der Waals surface area contributed by atoms with Crippen LogP contribution in [0, 0.1) is 0 Å². The fourth-order valence-corrected chi connectivity index (χ4v) is 2.71. The van der Waals surface area contributed by atoms with Crippen LogP contribution in [0.2, 0.25) is 5.02 Å². The lowest BCUT2D eigenvalue weighted by atomic mass is 10.2. The molecule has 0 bridgehead atoms. The molecule has 0 saturated heterocycles. The van der Waals surface area contributed by atoms with Crippen LogP contribution >= 0.6 is 23.4 Å². The molecule has 1 heterocycles. The van der Waals surface area contributed by atoms with E-state index in [1.807, 2.05) is 24.3 Å². The van der Waals surface area contributed by atoms with Gasteiger partial charge in [0, 0.05) is 16.7 Å². The summed E-state index contributed by atoms with van der Waals surface area (Å²) in [6.45, 7) is 0. The number of oxime groups is 1. The second-order valence-corrected chi connectivity index (χ2v) is 5.18. The first-order valence-corrected chi connectivity index (χ1v) is 6.79. The van der Waals surface area contributed by atoms with Crippen LogP contribution in [0.25, 0.3) is 0 Å². The summed E-state index contributed by atoms with van der Waals surface area (Å²) in [5.74, 6) is 0.698. The average molecular weight is 310 g/mol. The molecule has 0 spiro atoms. The van der Waals surface area contributed by atoms with Gasteiger partial charge in [-0.1, -0.05) is 34.6 Å². The minimum Gasteiger partial charge on any atom is -0.497 e. The number of halogens is 1. The van der Waals surface area contributed by atoms with E-state index in [0.29, 0.717) is 15.6 Å². The summed E-state index contributed by atoms with van der Waals surface area (Å²) in [4.78, 5) is 5.13. The Bertz CT molecular complexity index is 649. The van der Waals surface area contributed by atoms with E-state index in [9.17, 15) is 0 Å². The van der Waals surface area contributed by atoms with Crippen molar-refractivity contribution in [2.75, 3.05) is 7.11 Å². The summed E-state index contributed by atoms with van der Waals surface area (Å²) >= 11 is 7.59. The third-order valence-electron chi connectivity index (χ3n) is 2.50. The molecule has 2 rings (SSSR count). The van der Waals surface area contributed by atoms with Crippen molar-refractivity contribution >= 4 is 29.2 Å². The first-order chi connectivity index (χ1) is 9.65.